The molecule has 0 N–H and O–H groups in total. The van der Waals surface area contributed by atoms with Crippen molar-refractivity contribution in [2.24, 2.45) is 0 Å². The largest absolute Gasteiger partial charge is 0.459 e. The van der Waals surface area contributed by atoms with Gasteiger partial charge in [-0.25, -0.2) is 9.59 Å². The van der Waals surface area contributed by atoms with Crippen LogP contribution in [0.5, 0.6) is 0 Å². The predicted molar refractivity (Wildman–Crippen MR) is 152 cm³/mol. The molecule has 2 aliphatic heterocycles. The van der Waals surface area contributed by atoms with Gasteiger partial charge in [0.25, 0.3) is 0 Å². The van der Waals surface area contributed by atoms with E-state index in [1.807, 2.05) is 12.1 Å². The highest BCUT2D eigenvalue weighted by Crippen LogP contribution is 2.49. The van der Waals surface area contributed by atoms with Crippen molar-refractivity contribution in [1.29, 1.82) is 0 Å². The van der Waals surface area contributed by atoms with Crippen molar-refractivity contribution < 1.29 is 28.5 Å². The maximum Gasteiger partial charge on any atom is 0.341 e. The molecule has 6 nitrogen and oxygen atoms in total. The minimum Gasteiger partial charge on any atom is -0.459 e. The molecule has 0 amide bonds. The molecule has 2 heterocycles. The summed E-state index contributed by atoms with van der Waals surface area (Å²) in [6.45, 7) is 5.31. The third-order valence-electron chi connectivity index (χ3n) is 8.46. The molecule has 0 bridgehead atoms. The van der Waals surface area contributed by atoms with Gasteiger partial charge in [0, 0.05) is 6.42 Å². The number of ether oxygens (including phenoxy) is 4. The number of epoxide rings is 2. The maximum absolute atomic E-state index is 13.6. The van der Waals surface area contributed by atoms with Crippen LogP contribution in [-0.2, 0) is 31.8 Å². The Labute approximate surface area is 235 Å². The van der Waals surface area contributed by atoms with Gasteiger partial charge in [-0.05, 0) is 61.8 Å². The molecule has 3 aliphatic rings. The minimum atomic E-state index is -0.797. The number of hydrogen-bond acceptors (Lipinski definition) is 6. The molecule has 3 unspecified atom stereocenters. The second-order valence-corrected chi connectivity index (χ2v) is 11.8. The van der Waals surface area contributed by atoms with Crippen LogP contribution in [0.2, 0.25) is 0 Å². The average Bonchev–Trinajstić information content (AvgIpc) is 3.87. The van der Waals surface area contributed by atoms with Gasteiger partial charge in [0.1, 0.15) is 18.8 Å². The first-order valence-corrected chi connectivity index (χ1v) is 15.9. The molecule has 1 aromatic carbocycles. The topological polar surface area (TPSA) is 77.7 Å². The number of carbonyl (C=O) groups excluding carboxylic acids is 2. The van der Waals surface area contributed by atoms with E-state index in [0.29, 0.717) is 17.7 Å². The summed E-state index contributed by atoms with van der Waals surface area (Å²) in [5.41, 5.74) is 2.97. The Morgan fingerprint density at radius 3 is 1.95 bits per heavy atom. The van der Waals surface area contributed by atoms with Crippen molar-refractivity contribution in [2.45, 2.75) is 147 Å². The van der Waals surface area contributed by atoms with E-state index < -0.39 is 17.7 Å². The molecular weight excluding hydrogens is 492 g/mol. The van der Waals surface area contributed by atoms with Crippen LogP contribution in [0.25, 0.3) is 0 Å². The average molecular weight is 543 g/mol. The first kappa shape index (κ1) is 30.0. The van der Waals surface area contributed by atoms with Gasteiger partial charge in [-0.2, -0.15) is 0 Å². The van der Waals surface area contributed by atoms with Gasteiger partial charge in [-0.1, -0.05) is 84.5 Å². The summed E-state index contributed by atoms with van der Waals surface area (Å²) in [6.07, 6.45) is 20.1. The monoisotopic (exact) mass is 542 g/mol. The van der Waals surface area contributed by atoms with Crippen molar-refractivity contribution in [3.63, 3.8) is 0 Å². The summed E-state index contributed by atoms with van der Waals surface area (Å²) in [5, 5.41) is 0. The van der Waals surface area contributed by atoms with Gasteiger partial charge >= 0.3 is 11.9 Å². The molecule has 218 valence electrons. The molecule has 3 atom stereocenters. The molecule has 0 aromatic heterocycles. The van der Waals surface area contributed by atoms with E-state index in [1.54, 1.807) is 0 Å². The molecule has 1 aromatic rings. The van der Waals surface area contributed by atoms with Crippen LogP contribution in [-0.4, -0.2) is 43.1 Å². The molecule has 4 rings (SSSR count). The van der Waals surface area contributed by atoms with Crippen LogP contribution < -0.4 is 0 Å². The van der Waals surface area contributed by atoms with Crippen molar-refractivity contribution in [3.8, 4) is 0 Å². The van der Waals surface area contributed by atoms with Crippen molar-refractivity contribution >= 4 is 11.9 Å². The Hall–Kier alpha value is -1.92. The first-order valence-electron chi connectivity index (χ1n) is 15.9. The number of fused-ring (bicyclic) bond motifs is 1. The Balaban J connectivity index is 1.51. The summed E-state index contributed by atoms with van der Waals surface area (Å²) in [4.78, 5) is 26.8. The van der Waals surface area contributed by atoms with Crippen molar-refractivity contribution in [3.05, 3.63) is 34.4 Å². The fourth-order valence-corrected chi connectivity index (χ4v) is 5.85. The maximum atomic E-state index is 13.6. The molecule has 39 heavy (non-hydrogen) atoms. The molecule has 2 saturated heterocycles. The number of unbranched alkanes of at least 4 members (excludes halogenated alkanes) is 10. The fraction of sp³-hybridized carbons (Fsp3) is 0.758. The fourth-order valence-electron chi connectivity index (χ4n) is 5.85. The highest BCUT2D eigenvalue weighted by molar-refractivity contribution is 6.03. The Morgan fingerprint density at radius 2 is 1.38 bits per heavy atom. The number of benzene rings is 1. The lowest BCUT2D eigenvalue weighted by Gasteiger charge is -2.20. The van der Waals surface area contributed by atoms with Gasteiger partial charge < -0.3 is 18.9 Å². The standard InChI is InChI=1S/C33H50O6/c1-3-5-7-9-11-13-17-25-21-28(31(34)37-24-27-23-36-27)29(22-26(25)18-14-12-10-8-6-4-2)32(35)39-33-20-16-15-19-30(33)38-33/h21-22,27,30H,3-20,23-24H2,1-2H3. The highest BCUT2D eigenvalue weighted by atomic mass is 16.8. The number of hydrogen-bond donors (Lipinski definition) is 0. The van der Waals surface area contributed by atoms with Crippen molar-refractivity contribution in [1.82, 2.24) is 0 Å². The normalized spacial score (nSPS) is 23.2. The predicted octanol–water partition coefficient (Wildman–Crippen LogP) is 7.87. The van der Waals surface area contributed by atoms with Gasteiger partial charge in [0.05, 0.1) is 17.7 Å². The van der Waals surface area contributed by atoms with Crippen LogP contribution in [0.3, 0.4) is 0 Å². The molecule has 1 saturated carbocycles. The highest BCUT2D eigenvalue weighted by Gasteiger charge is 2.61. The number of carbonyl (C=O) groups is 2. The van der Waals surface area contributed by atoms with E-state index in [4.69, 9.17) is 18.9 Å². The Kier molecular flexibility index (Phi) is 11.7. The molecule has 6 heteroatoms. The van der Waals surface area contributed by atoms with Gasteiger partial charge in [0.2, 0.25) is 5.79 Å². The van der Waals surface area contributed by atoms with Crippen LogP contribution in [0.1, 0.15) is 148 Å². The first-order chi connectivity index (χ1) is 19.1. The zero-order chi connectivity index (χ0) is 27.5. The molecule has 0 spiro atoms. The van der Waals surface area contributed by atoms with E-state index in [1.165, 1.54) is 75.3 Å². The summed E-state index contributed by atoms with van der Waals surface area (Å²) in [7, 11) is 0. The lowest BCUT2D eigenvalue weighted by molar-refractivity contribution is -0.0248. The quantitative estimate of drug-likeness (QED) is 0.101. The third-order valence-corrected chi connectivity index (χ3v) is 8.46. The van der Waals surface area contributed by atoms with E-state index in [0.717, 1.165) is 51.4 Å². The smallest absolute Gasteiger partial charge is 0.341 e. The van der Waals surface area contributed by atoms with Crippen molar-refractivity contribution in [2.75, 3.05) is 13.2 Å². The van der Waals surface area contributed by atoms with E-state index in [2.05, 4.69) is 13.8 Å². The summed E-state index contributed by atoms with van der Waals surface area (Å²) >= 11 is 0. The van der Waals surface area contributed by atoms with Gasteiger partial charge in [-0.3, -0.25) is 0 Å². The second kappa shape index (κ2) is 15.2. The summed E-state index contributed by atoms with van der Waals surface area (Å²) in [6, 6.07) is 3.86. The van der Waals surface area contributed by atoms with Crippen LogP contribution in [0.4, 0.5) is 0 Å². The molecule has 3 fully saturated rings. The van der Waals surface area contributed by atoms with E-state index >= 15 is 0 Å². The zero-order valence-corrected chi connectivity index (χ0v) is 24.4. The van der Waals surface area contributed by atoms with Crippen LogP contribution in [0, 0.1) is 0 Å². The van der Waals surface area contributed by atoms with E-state index in [9.17, 15) is 9.59 Å². The summed E-state index contributed by atoms with van der Waals surface area (Å²) < 4.78 is 22.6. The molecule has 0 radical (unpaired) electrons. The lowest BCUT2D eigenvalue weighted by Crippen LogP contribution is -2.28. The number of aryl methyl sites for hydroxylation is 2. The third kappa shape index (κ3) is 9.04. The Bertz CT molecular complexity index is 938. The lowest BCUT2D eigenvalue weighted by atomic mass is 9.91. The summed E-state index contributed by atoms with van der Waals surface area (Å²) in [5.74, 6) is -1.74. The van der Waals surface area contributed by atoms with Gasteiger partial charge in [-0.15, -0.1) is 0 Å². The van der Waals surface area contributed by atoms with E-state index in [-0.39, 0.29) is 18.8 Å². The molecule has 1 aliphatic carbocycles. The van der Waals surface area contributed by atoms with Crippen LogP contribution >= 0.6 is 0 Å². The zero-order valence-electron chi connectivity index (χ0n) is 24.4. The van der Waals surface area contributed by atoms with Crippen LogP contribution in [0.15, 0.2) is 12.1 Å². The minimum absolute atomic E-state index is 0.00723. The second-order valence-electron chi connectivity index (χ2n) is 11.8. The Morgan fingerprint density at radius 1 is 0.821 bits per heavy atom. The SMILES string of the molecule is CCCCCCCCc1cc(C(=O)OCC2CO2)c(C(=O)OC23CCCCC2O3)cc1CCCCCCCC. The molecular formula is C33H50O6. The number of esters is 2. The number of rotatable bonds is 19. The van der Waals surface area contributed by atoms with Gasteiger partial charge in [0.15, 0.2) is 0 Å².